The molecule has 1 aliphatic carbocycles. The van der Waals surface area contributed by atoms with E-state index in [2.05, 4.69) is 6.92 Å². The first-order valence-corrected chi connectivity index (χ1v) is 12.0. The molecule has 2 fully saturated rings. The maximum atomic E-state index is 14.7. The lowest BCUT2D eigenvalue weighted by Gasteiger charge is -2.28. The van der Waals surface area contributed by atoms with Crippen LogP contribution in [0.2, 0.25) is 0 Å². The summed E-state index contributed by atoms with van der Waals surface area (Å²) in [6, 6.07) is 10.1. The molecule has 2 nitrogen and oxygen atoms in total. The van der Waals surface area contributed by atoms with Crippen LogP contribution in [-0.4, -0.2) is 13.2 Å². The van der Waals surface area contributed by atoms with Crippen molar-refractivity contribution in [1.82, 2.24) is 0 Å². The maximum absolute atomic E-state index is 14.7. The van der Waals surface area contributed by atoms with Crippen LogP contribution in [0.5, 0.6) is 5.75 Å². The van der Waals surface area contributed by atoms with Gasteiger partial charge in [0.1, 0.15) is 17.7 Å². The van der Waals surface area contributed by atoms with E-state index in [9.17, 15) is 13.2 Å². The topological polar surface area (TPSA) is 21.8 Å². The zero-order chi connectivity index (χ0) is 22.5. The summed E-state index contributed by atoms with van der Waals surface area (Å²) in [6.45, 7) is 3.30. The second-order valence-corrected chi connectivity index (χ2v) is 9.24. The van der Waals surface area contributed by atoms with Crippen molar-refractivity contribution in [2.45, 2.75) is 70.8 Å². The van der Waals surface area contributed by atoms with Crippen molar-refractivity contribution in [3.63, 3.8) is 0 Å². The van der Waals surface area contributed by atoms with Gasteiger partial charge in [-0.05, 0) is 47.9 Å². The van der Waals surface area contributed by atoms with Gasteiger partial charge in [-0.25, -0.2) is 13.2 Å². The van der Waals surface area contributed by atoms with Crippen LogP contribution in [-0.2, 0) is 4.74 Å². The summed E-state index contributed by atoms with van der Waals surface area (Å²) in [7, 11) is 0. The summed E-state index contributed by atoms with van der Waals surface area (Å²) in [5, 5.41) is 0. The Morgan fingerprint density at radius 1 is 0.969 bits per heavy atom. The molecular weight excluding hydrogens is 413 g/mol. The number of hydrogen-bond donors (Lipinski definition) is 0. The Kier molecular flexibility index (Phi) is 7.77. The summed E-state index contributed by atoms with van der Waals surface area (Å²) >= 11 is 0. The Morgan fingerprint density at radius 3 is 2.22 bits per heavy atom. The normalized spacial score (nSPS) is 22.8. The Hall–Kier alpha value is -2.01. The molecule has 1 saturated carbocycles. The molecule has 1 heterocycles. The first-order valence-electron chi connectivity index (χ1n) is 12.0. The van der Waals surface area contributed by atoms with Crippen molar-refractivity contribution in [2.75, 3.05) is 13.2 Å². The molecule has 1 aliphatic heterocycles. The molecule has 0 N–H and O–H groups in total. The number of halogens is 3. The molecule has 0 radical (unpaired) electrons. The third-order valence-electron chi connectivity index (χ3n) is 6.96. The minimum absolute atomic E-state index is 0.211. The molecule has 174 valence electrons. The molecule has 0 amide bonds. The molecule has 4 rings (SSSR count). The lowest BCUT2D eigenvalue weighted by molar-refractivity contribution is 0.146. The standard InChI is InChI=1S/C27H33F3O2/c1-2-4-18-6-8-19(9-7-18)5-3-16-31-21-12-10-20(11-13-21)22-14-15-23(24-17-32-24)26(28)25(22)27(29)30/h10-15,18-19,24,27H,2-9,16-17H2,1H3. The lowest BCUT2D eigenvalue weighted by Crippen LogP contribution is -2.15. The van der Waals surface area contributed by atoms with Crippen LogP contribution in [0.15, 0.2) is 36.4 Å². The van der Waals surface area contributed by atoms with Gasteiger partial charge in [0.25, 0.3) is 6.43 Å². The van der Waals surface area contributed by atoms with Crippen molar-refractivity contribution in [3.05, 3.63) is 53.3 Å². The number of alkyl halides is 2. The molecule has 0 aromatic heterocycles. The highest BCUT2D eigenvalue weighted by atomic mass is 19.3. The van der Waals surface area contributed by atoms with Gasteiger partial charge >= 0.3 is 0 Å². The molecular formula is C27H33F3O2. The third kappa shape index (κ3) is 5.67. The molecule has 2 aromatic carbocycles. The Bertz CT molecular complexity index is 869. The van der Waals surface area contributed by atoms with E-state index in [0.29, 0.717) is 24.5 Å². The second kappa shape index (κ2) is 10.7. The van der Waals surface area contributed by atoms with Crippen LogP contribution < -0.4 is 4.74 Å². The smallest absolute Gasteiger partial charge is 0.267 e. The molecule has 0 bridgehead atoms. The van der Waals surface area contributed by atoms with Crippen LogP contribution in [0, 0.1) is 17.7 Å². The van der Waals surface area contributed by atoms with Crippen LogP contribution in [0.4, 0.5) is 13.2 Å². The largest absolute Gasteiger partial charge is 0.494 e. The van der Waals surface area contributed by atoms with Gasteiger partial charge in [-0.2, -0.15) is 0 Å². The first kappa shape index (κ1) is 23.2. The zero-order valence-electron chi connectivity index (χ0n) is 18.8. The van der Waals surface area contributed by atoms with Gasteiger partial charge in [0.2, 0.25) is 0 Å². The summed E-state index contributed by atoms with van der Waals surface area (Å²) in [4.78, 5) is 0. The van der Waals surface area contributed by atoms with Gasteiger partial charge < -0.3 is 9.47 Å². The van der Waals surface area contributed by atoms with Gasteiger partial charge in [0.05, 0.1) is 18.8 Å². The van der Waals surface area contributed by atoms with E-state index in [4.69, 9.17) is 9.47 Å². The lowest BCUT2D eigenvalue weighted by atomic mass is 9.78. The monoisotopic (exact) mass is 446 g/mol. The van der Waals surface area contributed by atoms with E-state index in [0.717, 1.165) is 18.3 Å². The SMILES string of the molecule is CCCC1CCC(CCCOc2ccc(-c3ccc(C4CO4)c(F)c3C(F)F)cc2)CC1. The molecule has 1 unspecified atom stereocenters. The van der Waals surface area contributed by atoms with Gasteiger partial charge in [-0.1, -0.05) is 69.7 Å². The van der Waals surface area contributed by atoms with E-state index in [1.165, 1.54) is 44.9 Å². The molecule has 1 atom stereocenters. The zero-order valence-corrected chi connectivity index (χ0v) is 18.8. The van der Waals surface area contributed by atoms with Gasteiger partial charge in [0, 0.05) is 5.56 Å². The maximum Gasteiger partial charge on any atom is 0.267 e. The number of epoxide rings is 1. The number of ether oxygens (including phenoxy) is 2. The summed E-state index contributed by atoms with van der Waals surface area (Å²) in [6.07, 6.45) is 7.02. The van der Waals surface area contributed by atoms with E-state index < -0.39 is 23.9 Å². The summed E-state index contributed by atoms with van der Waals surface area (Å²) in [5.74, 6) is 1.61. The molecule has 5 heteroatoms. The van der Waals surface area contributed by atoms with E-state index in [1.807, 2.05) is 0 Å². The van der Waals surface area contributed by atoms with Crippen molar-refractivity contribution < 1.29 is 22.6 Å². The highest BCUT2D eigenvalue weighted by molar-refractivity contribution is 5.69. The number of rotatable bonds is 10. The Morgan fingerprint density at radius 2 is 1.62 bits per heavy atom. The highest BCUT2D eigenvalue weighted by Gasteiger charge is 2.32. The average molecular weight is 447 g/mol. The predicted molar refractivity (Wildman–Crippen MR) is 121 cm³/mol. The summed E-state index contributed by atoms with van der Waals surface area (Å²) in [5.41, 5.74) is 0.425. The number of benzene rings is 2. The van der Waals surface area contributed by atoms with Crippen LogP contribution in [0.1, 0.15) is 81.9 Å². The van der Waals surface area contributed by atoms with E-state index >= 15 is 0 Å². The molecule has 32 heavy (non-hydrogen) atoms. The van der Waals surface area contributed by atoms with Gasteiger partial charge in [-0.15, -0.1) is 0 Å². The van der Waals surface area contributed by atoms with Crippen molar-refractivity contribution in [3.8, 4) is 16.9 Å². The molecule has 1 saturated heterocycles. The fraction of sp³-hybridized carbons (Fsp3) is 0.556. The minimum atomic E-state index is -2.89. The van der Waals surface area contributed by atoms with E-state index in [1.54, 1.807) is 36.4 Å². The van der Waals surface area contributed by atoms with Crippen molar-refractivity contribution >= 4 is 0 Å². The fourth-order valence-corrected chi connectivity index (χ4v) is 5.06. The Labute approximate surface area is 189 Å². The second-order valence-electron chi connectivity index (χ2n) is 9.24. The average Bonchev–Trinajstić information content (AvgIpc) is 3.63. The first-order chi connectivity index (χ1) is 15.6. The van der Waals surface area contributed by atoms with Crippen molar-refractivity contribution in [1.29, 1.82) is 0 Å². The quantitative estimate of drug-likeness (QED) is 0.271. The van der Waals surface area contributed by atoms with Crippen LogP contribution in [0.3, 0.4) is 0 Å². The predicted octanol–water partition coefficient (Wildman–Crippen LogP) is 8.27. The molecule has 2 aliphatic rings. The molecule has 0 spiro atoms. The van der Waals surface area contributed by atoms with Crippen molar-refractivity contribution in [2.24, 2.45) is 11.8 Å². The Balaban J connectivity index is 1.30. The van der Waals surface area contributed by atoms with Gasteiger partial charge in [0.15, 0.2) is 0 Å². The highest BCUT2D eigenvalue weighted by Crippen LogP contribution is 2.40. The van der Waals surface area contributed by atoms with Crippen LogP contribution in [0.25, 0.3) is 11.1 Å². The fourth-order valence-electron chi connectivity index (χ4n) is 5.06. The van der Waals surface area contributed by atoms with E-state index in [-0.39, 0.29) is 11.1 Å². The van der Waals surface area contributed by atoms with Gasteiger partial charge in [-0.3, -0.25) is 0 Å². The molecule has 2 aromatic rings. The number of hydrogen-bond acceptors (Lipinski definition) is 2. The third-order valence-corrected chi connectivity index (χ3v) is 6.96. The summed E-state index contributed by atoms with van der Waals surface area (Å²) < 4.78 is 52.9. The minimum Gasteiger partial charge on any atom is -0.494 e. The van der Waals surface area contributed by atoms with Crippen LogP contribution >= 0.6 is 0 Å².